The number of H-pyrrole nitrogens is 1. The van der Waals surface area contributed by atoms with E-state index >= 15 is 0 Å². The van der Waals surface area contributed by atoms with Gasteiger partial charge in [-0.15, -0.1) is 0 Å². The van der Waals surface area contributed by atoms with Gasteiger partial charge in [0.2, 0.25) is 5.95 Å². The third-order valence-corrected chi connectivity index (χ3v) is 6.01. The van der Waals surface area contributed by atoms with Crippen LogP contribution >= 0.6 is 0 Å². The van der Waals surface area contributed by atoms with Gasteiger partial charge in [-0.1, -0.05) is 6.07 Å². The third kappa shape index (κ3) is 3.05. The first-order chi connectivity index (χ1) is 16.1. The van der Waals surface area contributed by atoms with Crippen LogP contribution in [0, 0.1) is 17.1 Å². The third-order valence-electron chi connectivity index (χ3n) is 6.01. The van der Waals surface area contributed by atoms with Crippen LogP contribution in [0.4, 0.5) is 33.2 Å². The molecule has 0 saturated carbocycles. The van der Waals surface area contributed by atoms with Crippen molar-refractivity contribution in [1.29, 1.82) is 5.26 Å². The number of amides is 1. The van der Waals surface area contributed by atoms with Crippen molar-refractivity contribution < 1.29 is 9.18 Å². The maximum absolute atomic E-state index is 14.3. The summed E-state index contributed by atoms with van der Waals surface area (Å²) in [5.41, 5.74) is 2.44. The van der Waals surface area contributed by atoms with Crippen LogP contribution in [0.3, 0.4) is 0 Å². The Hall–Kier alpha value is -4.52. The van der Waals surface area contributed by atoms with Gasteiger partial charge in [0.1, 0.15) is 17.2 Å². The van der Waals surface area contributed by atoms with Crippen LogP contribution in [0.1, 0.15) is 18.4 Å². The molecule has 0 bridgehead atoms. The molecule has 10 heteroatoms. The van der Waals surface area contributed by atoms with Crippen molar-refractivity contribution >= 4 is 45.6 Å². The standard InChI is InChI=1S/C23H17FN8O/c24-17-9-15(8-14-11-27-30-20(14)17)28-23-26-12-19-21(29-23)31-6-2-5-18(31)22(33)32(19)16-4-1-3-13(7-16)10-25/h1,3-4,7-9,11-12,18H,2,5-6H2,(H,27,30)(H,26,28,29)/t18-/m1/s1. The minimum absolute atomic E-state index is 0.0631. The normalized spacial score (nSPS) is 17.1. The van der Waals surface area contributed by atoms with Gasteiger partial charge in [-0.3, -0.25) is 14.8 Å². The number of nitriles is 1. The van der Waals surface area contributed by atoms with Crippen molar-refractivity contribution in [2.75, 3.05) is 21.7 Å². The van der Waals surface area contributed by atoms with Crippen LogP contribution in [0.5, 0.6) is 0 Å². The molecule has 1 fully saturated rings. The lowest BCUT2D eigenvalue weighted by Gasteiger charge is -2.38. The van der Waals surface area contributed by atoms with E-state index in [1.54, 1.807) is 47.6 Å². The molecular formula is C23H17FN8O. The number of benzene rings is 2. The molecule has 2 aliphatic rings. The summed E-state index contributed by atoms with van der Waals surface area (Å²) in [4.78, 5) is 26.0. The van der Waals surface area contributed by atoms with Gasteiger partial charge in [0.25, 0.3) is 5.91 Å². The molecule has 4 aromatic rings. The second kappa shape index (κ2) is 7.27. The SMILES string of the molecule is N#Cc1cccc(N2C(=O)[C@H]3CCCN3c3nc(Nc4cc(F)c5[nH]ncc5c4)ncc32)c1. The van der Waals surface area contributed by atoms with Gasteiger partial charge in [-0.25, -0.2) is 9.37 Å². The molecule has 2 aromatic carbocycles. The zero-order chi connectivity index (χ0) is 22.5. The number of nitrogens with zero attached hydrogens (tertiary/aromatic N) is 6. The Morgan fingerprint density at radius 1 is 1.24 bits per heavy atom. The van der Waals surface area contributed by atoms with Crippen LogP contribution in [-0.4, -0.2) is 38.7 Å². The van der Waals surface area contributed by atoms with Gasteiger partial charge in [0, 0.05) is 17.6 Å². The minimum Gasteiger partial charge on any atom is -0.343 e. The van der Waals surface area contributed by atoms with Crippen LogP contribution in [0.2, 0.25) is 0 Å². The molecule has 9 nitrogen and oxygen atoms in total. The fourth-order valence-corrected chi connectivity index (χ4v) is 4.54. The Morgan fingerprint density at radius 2 is 2.15 bits per heavy atom. The second-order valence-corrected chi connectivity index (χ2v) is 8.01. The molecule has 4 heterocycles. The summed E-state index contributed by atoms with van der Waals surface area (Å²) >= 11 is 0. The summed E-state index contributed by atoms with van der Waals surface area (Å²) in [5, 5.41) is 19.5. The highest BCUT2D eigenvalue weighted by atomic mass is 19.1. The van der Waals surface area contributed by atoms with Crippen molar-refractivity contribution in [2.24, 2.45) is 0 Å². The summed E-state index contributed by atoms with van der Waals surface area (Å²) in [6, 6.07) is 11.8. The fourth-order valence-electron chi connectivity index (χ4n) is 4.54. The Balaban J connectivity index is 1.42. The van der Waals surface area contributed by atoms with E-state index in [2.05, 4.69) is 26.6 Å². The number of hydrogen-bond acceptors (Lipinski definition) is 7. The highest BCUT2D eigenvalue weighted by Gasteiger charge is 2.42. The van der Waals surface area contributed by atoms with Gasteiger partial charge in [0.05, 0.1) is 29.7 Å². The van der Waals surface area contributed by atoms with E-state index in [0.717, 1.165) is 12.8 Å². The molecule has 0 spiro atoms. The molecule has 33 heavy (non-hydrogen) atoms. The number of hydrogen-bond donors (Lipinski definition) is 2. The lowest BCUT2D eigenvalue weighted by atomic mass is 10.1. The smallest absolute Gasteiger partial charge is 0.254 e. The first kappa shape index (κ1) is 19.2. The van der Waals surface area contributed by atoms with Crippen molar-refractivity contribution in [3.8, 4) is 6.07 Å². The Bertz CT molecular complexity index is 1460. The number of anilines is 5. The Morgan fingerprint density at radius 3 is 3.03 bits per heavy atom. The minimum atomic E-state index is -0.431. The highest BCUT2D eigenvalue weighted by Crippen LogP contribution is 2.42. The lowest BCUT2D eigenvalue weighted by Crippen LogP contribution is -2.49. The van der Waals surface area contributed by atoms with E-state index in [1.165, 1.54) is 6.07 Å². The summed E-state index contributed by atoms with van der Waals surface area (Å²) < 4.78 is 14.3. The highest BCUT2D eigenvalue weighted by molar-refractivity contribution is 6.10. The summed E-state index contributed by atoms with van der Waals surface area (Å²) in [6.07, 6.45) is 4.73. The van der Waals surface area contributed by atoms with Crippen molar-refractivity contribution in [2.45, 2.75) is 18.9 Å². The number of carbonyl (C=O) groups excluding carboxylic acids is 1. The molecule has 1 saturated heterocycles. The molecule has 1 atom stereocenters. The number of aromatic amines is 1. The number of carbonyl (C=O) groups is 1. The molecule has 0 aliphatic carbocycles. The molecule has 1 amide bonds. The lowest BCUT2D eigenvalue weighted by molar-refractivity contribution is -0.119. The van der Waals surface area contributed by atoms with Crippen molar-refractivity contribution in [3.05, 3.63) is 60.2 Å². The monoisotopic (exact) mass is 440 g/mol. The van der Waals surface area contributed by atoms with Gasteiger partial charge in [0.15, 0.2) is 11.6 Å². The average Bonchev–Trinajstić information content (AvgIpc) is 3.50. The average molecular weight is 440 g/mol. The topological polar surface area (TPSA) is 114 Å². The number of nitrogens with one attached hydrogen (secondary N) is 2. The van der Waals surface area contributed by atoms with E-state index in [-0.39, 0.29) is 11.9 Å². The number of aromatic nitrogens is 4. The van der Waals surface area contributed by atoms with Crippen LogP contribution < -0.4 is 15.1 Å². The zero-order valence-corrected chi connectivity index (χ0v) is 17.3. The number of halogens is 1. The summed E-state index contributed by atoms with van der Waals surface area (Å²) in [6.45, 7) is 0.710. The maximum atomic E-state index is 14.3. The molecule has 2 N–H and O–H groups in total. The summed E-state index contributed by atoms with van der Waals surface area (Å²) in [5.74, 6) is 0.426. The van der Waals surface area contributed by atoms with Crippen molar-refractivity contribution in [1.82, 2.24) is 20.2 Å². The van der Waals surface area contributed by atoms with Crippen LogP contribution in [-0.2, 0) is 4.79 Å². The van der Waals surface area contributed by atoms with Crippen molar-refractivity contribution in [3.63, 3.8) is 0 Å². The molecule has 162 valence electrons. The number of fused-ring (bicyclic) bond motifs is 4. The molecular weight excluding hydrogens is 423 g/mol. The first-order valence-electron chi connectivity index (χ1n) is 10.5. The first-order valence-corrected chi connectivity index (χ1v) is 10.5. The zero-order valence-electron chi connectivity index (χ0n) is 17.3. The molecule has 0 unspecified atom stereocenters. The largest absolute Gasteiger partial charge is 0.343 e. The van der Waals surface area contributed by atoms with Gasteiger partial charge in [-0.2, -0.15) is 15.3 Å². The predicted octanol–water partition coefficient (Wildman–Crippen LogP) is 3.75. The van der Waals surface area contributed by atoms with Gasteiger partial charge in [-0.05, 0) is 43.2 Å². The molecule has 0 radical (unpaired) electrons. The predicted molar refractivity (Wildman–Crippen MR) is 120 cm³/mol. The van der Waals surface area contributed by atoms with Gasteiger partial charge < -0.3 is 10.2 Å². The van der Waals surface area contributed by atoms with E-state index in [9.17, 15) is 14.4 Å². The Labute approximate surface area is 187 Å². The van der Waals surface area contributed by atoms with E-state index < -0.39 is 5.82 Å². The molecule has 6 rings (SSSR count). The fraction of sp³-hybridized carbons (Fsp3) is 0.174. The van der Waals surface area contributed by atoms with Crippen LogP contribution in [0.25, 0.3) is 10.9 Å². The maximum Gasteiger partial charge on any atom is 0.254 e. The molecule has 2 aromatic heterocycles. The van der Waals surface area contributed by atoms with E-state index in [0.29, 0.717) is 51.8 Å². The van der Waals surface area contributed by atoms with E-state index in [1.807, 2.05) is 4.90 Å². The van der Waals surface area contributed by atoms with Gasteiger partial charge >= 0.3 is 0 Å². The number of rotatable bonds is 3. The molecule has 2 aliphatic heterocycles. The second-order valence-electron chi connectivity index (χ2n) is 8.01. The Kier molecular flexibility index (Phi) is 4.23. The van der Waals surface area contributed by atoms with E-state index in [4.69, 9.17) is 4.98 Å². The summed E-state index contributed by atoms with van der Waals surface area (Å²) in [7, 11) is 0. The quantitative estimate of drug-likeness (QED) is 0.499. The van der Waals surface area contributed by atoms with Crippen LogP contribution in [0.15, 0.2) is 48.8 Å².